The van der Waals surface area contributed by atoms with Crippen LogP contribution >= 0.6 is 0 Å². The zero-order valence-corrected chi connectivity index (χ0v) is 14.2. The van der Waals surface area contributed by atoms with Gasteiger partial charge in [0.05, 0.1) is 11.2 Å². The minimum atomic E-state index is -3.57. The highest BCUT2D eigenvalue weighted by molar-refractivity contribution is 7.89. The summed E-state index contributed by atoms with van der Waals surface area (Å²) in [5, 5.41) is 2.78. The molecule has 0 saturated carbocycles. The van der Waals surface area contributed by atoms with E-state index in [1.807, 2.05) is 6.07 Å². The highest BCUT2D eigenvalue weighted by Gasteiger charge is 2.20. The lowest BCUT2D eigenvalue weighted by atomic mass is 10.1. The molecule has 1 N–H and O–H groups in total. The van der Waals surface area contributed by atoms with Gasteiger partial charge in [-0.3, -0.25) is 4.79 Å². The Morgan fingerprint density at radius 2 is 2.00 bits per heavy atom. The van der Waals surface area contributed by atoms with Crippen LogP contribution < -0.4 is 5.32 Å². The van der Waals surface area contributed by atoms with Gasteiger partial charge in [0.15, 0.2) is 0 Å². The van der Waals surface area contributed by atoms with E-state index < -0.39 is 10.0 Å². The summed E-state index contributed by atoms with van der Waals surface area (Å²) in [6.45, 7) is 2.18. The first-order chi connectivity index (χ1) is 10.8. The van der Waals surface area contributed by atoms with Crippen LogP contribution in [0.25, 0.3) is 0 Å². The molecular formula is C16H20N2O4S. The Morgan fingerprint density at radius 1 is 1.26 bits per heavy atom. The van der Waals surface area contributed by atoms with Crippen LogP contribution in [0.3, 0.4) is 0 Å². The van der Waals surface area contributed by atoms with Crippen molar-refractivity contribution >= 4 is 15.9 Å². The van der Waals surface area contributed by atoms with Crippen molar-refractivity contribution < 1.29 is 17.6 Å². The lowest BCUT2D eigenvalue weighted by Crippen LogP contribution is -2.27. The first-order valence-electron chi connectivity index (χ1n) is 7.16. The first kappa shape index (κ1) is 17.2. The van der Waals surface area contributed by atoms with E-state index in [9.17, 15) is 13.2 Å². The third kappa shape index (κ3) is 4.00. The van der Waals surface area contributed by atoms with Gasteiger partial charge in [-0.2, -0.15) is 0 Å². The smallest absolute Gasteiger partial charge is 0.251 e. The molecule has 1 amide bonds. The van der Waals surface area contributed by atoms with Crippen LogP contribution in [0.15, 0.2) is 45.9 Å². The third-order valence-electron chi connectivity index (χ3n) is 3.47. The van der Waals surface area contributed by atoms with Crippen molar-refractivity contribution in [3.63, 3.8) is 0 Å². The van der Waals surface area contributed by atoms with Gasteiger partial charge in [-0.1, -0.05) is 6.07 Å². The van der Waals surface area contributed by atoms with Crippen LogP contribution in [0.5, 0.6) is 0 Å². The number of carbonyl (C=O) groups excluding carboxylic acids is 1. The van der Waals surface area contributed by atoms with E-state index in [0.717, 1.165) is 15.6 Å². The normalized spacial score (nSPS) is 11.7. The fourth-order valence-electron chi connectivity index (χ4n) is 2.07. The average molecular weight is 336 g/mol. The Labute approximate surface area is 136 Å². The first-order valence-corrected chi connectivity index (χ1v) is 8.60. The van der Waals surface area contributed by atoms with Crippen molar-refractivity contribution in [2.24, 2.45) is 0 Å². The second-order valence-electron chi connectivity index (χ2n) is 5.35. The average Bonchev–Trinajstić information content (AvgIpc) is 3.00. The van der Waals surface area contributed by atoms with E-state index in [2.05, 4.69) is 5.32 Å². The van der Waals surface area contributed by atoms with Gasteiger partial charge >= 0.3 is 0 Å². The molecule has 6 nitrogen and oxygen atoms in total. The summed E-state index contributed by atoms with van der Waals surface area (Å²) in [5.74, 6) is 0.482. The number of nitrogens with zero attached hydrogens (tertiary/aromatic N) is 1. The van der Waals surface area contributed by atoms with Gasteiger partial charge in [-0.05, 0) is 36.8 Å². The Morgan fingerprint density at radius 3 is 2.61 bits per heavy atom. The van der Waals surface area contributed by atoms with Gasteiger partial charge in [0.1, 0.15) is 5.76 Å². The summed E-state index contributed by atoms with van der Waals surface area (Å²) in [6, 6.07) is 8.17. The van der Waals surface area contributed by atoms with E-state index in [-0.39, 0.29) is 10.8 Å². The molecule has 2 rings (SSSR count). The molecule has 1 aromatic heterocycles. The molecule has 0 unspecified atom stereocenters. The van der Waals surface area contributed by atoms with E-state index >= 15 is 0 Å². The summed E-state index contributed by atoms with van der Waals surface area (Å²) < 4.78 is 30.7. The van der Waals surface area contributed by atoms with Gasteiger partial charge < -0.3 is 9.73 Å². The quantitative estimate of drug-likeness (QED) is 0.872. The van der Waals surface area contributed by atoms with Crippen LogP contribution in [0.1, 0.15) is 21.7 Å². The van der Waals surface area contributed by atoms with Gasteiger partial charge in [-0.25, -0.2) is 12.7 Å². The molecule has 0 saturated heterocycles. The SMILES string of the molecule is Cc1ccc(S(=O)(=O)N(C)C)cc1C(=O)NCCc1ccco1. The number of benzene rings is 1. The van der Waals surface area contributed by atoms with Crippen LogP contribution in [0.4, 0.5) is 0 Å². The molecule has 23 heavy (non-hydrogen) atoms. The topological polar surface area (TPSA) is 79.6 Å². The van der Waals surface area contributed by atoms with E-state index in [1.54, 1.807) is 25.3 Å². The fourth-order valence-corrected chi connectivity index (χ4v) is 2.99. The maximum absolute atomic E-state index is 12.3. The van der Waals surface area contributed by atoms with Crippen LogP contribution in [-0.2, 0) is 16.4 Å². The standard InChI is InChI=1S/C16H20N2O4S/c1-12-6-7-14(23(20,21)18(2)3)11-15(12)16(19)17-9-8-13-5-4-10-22-13/h4-7,10-11H,8-9H2,1-3H3,(H,17,19). The predicted octanol–water partition coefficient (Wildman–Crippen LogP) is 1.81. The second-order valence-corrected chi connectivity index (χ2v) is 7.50. The molecule has 0 aliphatic carbocycles. The van der Waals surface area contributed by atoms with Gasteiger partial charge in [0.25, 0.3) is 5.91 Å². The number of carbonyl (C=O) groups is 1. The molecule has 1 aromatic carbocycles. The highest BCUT2D eigenvalue weighted by atomic mass is 32.2. The minimum Gasteiger partial charge on any atom is -0.469 e. The molecule has 124 valence electrons. The van der Waals surface area contributed by atoms with E-state index in [0.29, 0.717) is 18.5 Å². The molecule has 0 aliphatic heterocycles. The lowest BCUT2D eigenvalue weighted by molar-refractivity contribution is 0.0953. The van der Waals surface area contributed by atoms with Crippen LogP contribution in [-0.4, -0.2) is 39.3 Å². The summed E-state index contributed by atoms with van der Waals surface area (Å²) in [7, 11) is -0.654. The molecule has 2 aromatic rings. The Balaban J connectivity index is 2.13. The molecule has 0 fully saturated rings. The molecule has 0 bridgehead atoms. The number of hydrogen-bond acceptors (Lipinski definition) is 4. The highest BCUT2D eigenvalue weighted by Crippen LogP contribution is 2.18. The third-order valence-corrected chi connectivity index (χ3v) is 5.28. The van der Waals surface area contributed by atoms with Gasteiger partial charge in [-0.15, -0.1) is 0 Å². The Bertz CT molecular complexity index is 780. The molecule has 7 heteroatoms. The Hall–Kier alpha value is -2.12. The zero-order valence-electron chi connectivity index (χ0n) is 13.4. The van der Waals surface area contributed by atoms with Crippen molar-refractivity contribution in [3.8, 4) is 0 Å². The summed E-state index contributed by atoms with van der Waals surface area (Å²) >= 11 is 0. The summed E-state index contributed by atoms with van der Waals surface area (Å²) in [4.78, 5) is 12.4. The largest absolute Gasteiger partial charge is 0.469 e. The lowest BCUT2D eigenvalue weighted by Gasteiger charge is -2.13. The molecular weight excluding hydrogens is 316 g/mol. The van der Waals surface area contributed by atoms with Crippen LogP contribution in [0, 0.1) is 6.92 Å². The van der Waals surface area contributed by atoms with Crippen molar-refractivity contribution in [2.75, 3.05) is 20.6 Å². The number of nitrogens with one attached hydrogen (secondary N) is 1. The zero-order chi connectivity index (χ0) is 17.0. The molecule has 0 aliphatic rings. The maximum Gasteiger partial charge on any atom is 0.251 e. The fraction of sp³-hybridized carbons (Fsp3) is 0.312. The minimum absolute atomic E-state index is 0.101. The van der Waals surface area contributed by atoms with Crippen molar-refractivity contribution in [1.82, 2.24) is 9.62 Å². The Kier molecular flexibility index (Phi) is 5.23. The molecule has 0 radical (unpaired) electrons. The number of sulfonamides is 1. The number of amides is 1. The summed E-state index contributed by atoms with van der Waals surface area (Å²) in [6.07, 6.45) is 2.16. The number of aryl methyl sites for hydroxylation is 1. The predicted molar refractivity (Wildman–Crippen MR) is 86.8 cm³/mol. The molecule has 1 heterocycles. The van der Waals surface area contributed by atoms with Crippen molar-refractivity contribution in [3.05, 3.63) is 53.5 Å². The number of furan rings is 1. The number of rotatable bonds is 6. The van der Waals surface area contributed by atoms with E-state index in [4.69, 9.17) is 4.42 Å². The second kappa shape index (κ2) is 6.97. The monoisotopic (exact) mass is 336 g/mol. The molecule has 0 atom stereocenters. The maximum atomic E-state index is 12.3. The van der Waals surface area contributed by atoms with Gasteiger partial charge in [0, 0.05) is 32.6 Å². The van der Waals surface area contributed by atoms with Crippen molar-refractivity contribution in [2.45, 2.75) is 18.2 Å². The van der Waals surface area contributed by atoms with Crippen LogP contribution in [0.2, 0.25) is 0 Å². The number of hydrogen-bond donors (Lipinski definition) is 1. The van der Waals surface area contributed by atoms with Gasteiger partial charge in [0.2, 0.25) is 10.0 Å². The molecule has 0 spiro atoms. The van der Waals surface area contributed by atoms with E-state index in [1.165, 1.54) is 26.2 Å². The summed E-state index contributed by atoms with van der Waals surface area (Å²) in [5.41, 5.74) is 1.07. The van der Waals surface area contributed by atoms with Crippen molar-refractivity contribution in [1.29, 1.82) is 0 Å².